The summed E-state index contributed by atoms with van der Waals surface area (Å²) in [6.45, 7) is 2.44. The van der Waals surface area contributed by atoms with E-state index in [1.165, 1.54) is 0 Å². The lowest BCUT2D eigenvalue weighted by Gasteiger charge is -2.33. The molecule has 2 fully saturated rings. The number of hydrogen-bond donors (Lipinski definition) is 2. The molecule has 3 rings (SSSR count). The Morgan fingerprint density at radius 2 is 2.05 bits per heavy atom. The van der Waals surface area contributed by atoms with Crippen molar-refractivity contribution in [1.82, 2.24) is 15.1 Å². The van der Waals surface area contributed by atoms with Crippen molar-refractivity contribution in [2.75, 3.05) is 31.6 Å². The van der Waals surface area contributed by atoms with E-state index in [0.29, 0.717) is 39.1 Å². The Kier molecular flexibility index (Phi) is 3.40. The number of anilines is 1. The zero-order chi connectivity index (χ0) is 15.1. The van der Waals surface area contributed by atoms with Gasteiger partial charge in [0.1, 0.15) is 11.2 Å². The molecule has 116 valence electrons. The number of halogens is 3. The standard InChI is InChI=1S/C12H15F3N4O2/c13-12(14,15)8-7-9(18-17-8)16-10(20)11(1-2-11)19-3-5-21-6-4-19/h7H,1-6H2,(H2,16,17,18,20). The quantitative estimate of drug-likeness (QED) is 0.881. The first-order chi connectivity index (χ1) is 9.92. The Morgan fingerprint density at radius 1 is 1.38 bits per heavy atom. The number of amides is 1. The van der Waals surface area contributed by atoms with Gasteiger partial charge in [0.2, 0.25) is 5.91 Å². The van der Waals surface area contributed by atoms with Gasteiger partial charge in [-0.15, -0.1) is 0 Å². The molecule has 2 aliphatic rings. The molecule has 1 saturated carbocycles. The van der Waals surface area contributed by atoms with Gasteiger partial charge in [-0.25, -0.2) is 0 Å². The molecule has 1 saturated heterocycles. The predicted octanol–water partition coefficient (Wildman–Crippen LogP) is 1.23. The molecule has 1 aliphatic carbocycles. The summed E-state index contributed by atoms with van der Waals surface area (Å²) >= 11 is 0. The molecule has 0 bridgehead atoms. The highest BCUT2D eigenvalue weighted by atomic mass is 19.4. The van der Waals surface area contributed by atoms with E-state index < -0.39 is 17.4 Å². The van der Waals surface area contributed by atoms with E-state index in [-0.39, 0.29) is 11.7 Å². The second kappa shape index (κ2) is 4.99. The Labute approximate surface area is 118 Å². The van der Waals surface area contributed by atoms with Crippen molar-refractivity contribution in [3.8, 4) is 0 Å². The Morgan fingerprint density at radius 3 is 2.57 bits per heavy atom. The van der Waals surface area contributed by atoms with Crippen molar-refractivity contribution in [2.45, 2.75) is 24.6 Å². The van der Waals surface area contributed by atoms with Gasteiger partial charge in [-0.3, -0.25) is 14.8 Å². The molecular formula is C12H15F3N4O2. The number of aromatic amines is 1. The van der Waals surface area contributed by atoms with Crippen molar-refractivity contribution in [2.24, 2.45) is 0 Å². The fourth-order valence-corrected chi connectivity index (χ4v) is 2.56. The number of hydrogen-bond acceptors (Lipinski definition) is 4. The van der Waals surface area contributed by atoms with E-state index in [0.717, 1.165) is 6.07 Å². The number of rotatable bonds is 3. The molecule has 1 aromatic rings. The smallest absolute Gasteiger partial charge is 0.379 e. The number of nitrogens with zero attached hydrogens (tertiary/aromatic N) is 2. The van der Waals surface area contributed by atoms with Gasteiger partial charge in [0.15, 0.2) is 5.82 Å². The first kappa shape index (κ1) is 14.3. The van der Waals surface area contributed by atoms with Crippen LogP contribution in [-0.4, -0.2) is 52.8 Å². The third-order valence-electron chi connectivity index (χ3n) is 3.89. The molecule has 0 spiro atoms. The van der Waals surface area contributed by atoms with E-state index in [2.05, 4.69) is 10.4 Å². The lowest BCUT2D eigenvalue weighted by Crippen LogP contribution is -2.51. The highest BCUT2D eigenvalue weighted by Gasteiger charge is 2.54. The zero-order valence-electron chi connectivity index (χ0n) is 11.2. The van der Waals surface area contributed by atoms with Gasteiger partial charge in [0.25, 0.3) is 0 Å². The van der Waals surface area contributed by atoms with Crippen LogP contribution in [-0.2, 0) is 15.7 Å². The van der Waals surface area contributed by atoms with E-state index >= 15 is 0 Å². The molecule has 2 N–H and O–H groups in total. The molecule has 1 aliphatic heterocycles. The van der Waals surface area contributed by atoms with E-state index in [1.54, 1.807) is 0 Å². The lowest BCUT2D eigenvalue weighted by atomic mass is 10.2. The van der Waals surface area contributed by atoms with Crippen molar-refractivity contribution >= 4 is 11.7 Å². The molecule has 0 radical (unpaired) electrons. The number of carbonyl (C=O) groups excluding carboxylic acids is 1. The summed E-state index contributed by atoms with van der Waals surface area (Å²) < 4.78 is 42.7. The SMILES string of the molecule is O=C(Nc1cc(C(F)(F)F)[nH]n1)C1(N2CCOCC2)CC1. The van der Waals surface area contributed by atoms with Crippen molar-refractivity contribution < 1.29 is 22.7 Å². The second-order valence-electron chi connectivity index (χ2n) is 5.25. The predicted molar refractivity (Wildman–Crippen MR) is 66.6 cm³/mol. The highest BCUT2D eigenvalue weighted by Crippen LogP contribution is 2.43. The molecule has 21 heavy (non-hydrogen) atoms. The number of H-pyrrole nitrogens is 1. The Bertz CT molecular complexity index is 533. The largest absolute Gasteiger partial charge is 0.432 e. The van der Waals surface area contributed by atoms with Crippen LogP contribution in [0.1, 0.15) is 18.5 Å². The van der Waals surface area contributed by atoms with Crippen LogP contribution in [0.5, 0.6) is 0 Å². The summed E-state index contributed by atoms with van der Waals surface area (Å²) in [4.78, 5) is 14.4. The molecule has 9 heteroatoms. The topological polar surface area (TPSA) is 70.2 Å². The molecule has 0 atom stereocenters. The molecule has 0 aromatic carbocycles. The van der Waals surface area contributed by atoms with E-state index in [4.69, 9.17) is 4.74 Å². The average Bonchev–Trinajstić information content (AvgIpc) is 3.13. The number of nitrogens with one attached hydrogen (secondary N) is 2. The van der Waals surface area contributed by atoms with Crippen LogP contribution < -0.4 is 5.32 Å². The number of carbonyl (C=O) groups is 1. The lowest BCUT2D eigenvalue weighted by molar-refractivity contribution is -0.141. The number of alkyl halides is 3. The van der Waals surface area contributed by atoms with Crippen LogP contribution in [0.15, 0.2) is 6.07 Å². The van der Waals surface area contributed by atoms with Gasteiger partial charge in [0.05, 0.1) is 13.2 Å². The first-order valence-electron chi connectivity index (χ1n) is 6.69. The summed E-state index contributed by atoms with van der Waals surface area (Å²) in [6, 6.07) is 0.799. The molecule has 0 unspecified atom stereocenters. The minimum Gasteiger partial charge on any atom is -0.379 e. The van der Waals surface area contributed by atoms with Gasteiger partial charge >= 0.3 is 6.18 Å². The third kappa shape index (κ3) is 2.75. The minimum atomic E-state index is -4.50. The summed E-state index contributed by atoms with van der Waals surface area (Å²) in [5.74, 6) is -0.406. The second-order valence-corrected chi connectivity index (χ2v) is 5.25. The normalized spacial score (nSPS) is 22.0. The zero-order valence-corrected chi connectivity index (χ0v) is 11.2. The first-order valence-corrected chi connectivity index (χ1v) is 6.69. The molecule has 1 aromatic heterocycles. The Hall–Kier alpha value is -1.61. The fourth-order valence-electron chi connectivity index (χ4n) is 2.56. The number of aromatic nitrogens is 2. The fraction of sp³-hybridized carbons (Fsp3) is 0.667. The summed E-state index contributed by atoms with van der Waals surface area (Å²) in [5, 5.41) is 7.84. The molecular weight excluding hydrogens is 289 g/mol. The molecule has 2 heterocycles. The van der Waals surface area contributed by atoms with Gasteiger partial charge in [-0.1, -0.05) is 0 Å². The van der Waals surface area contributed by atoms with E-state index in [1.807, 2.05) is 10.00 Å². The maximum absolute atomic E-state index is 12.5. The summed E-state index contributed by atoms with van der Waals surface area (Å²) in [7, 11) is 0. The Balaban J connectivity index is 1.67. The van der Waals surface area contributed by atoms with Crippen LogP contribution in [0.2, 0.25) is 0 Å². The average molecular weight is 304 g/mol. The maximum Gasteiger partial charge on any atom is 0.432 e. The highest BCUT2D eigenvalue weighted by molar-refractivity contribution is 5.99. The van der Waals surface area contributed by atoms with Crippen LogP contribution in [0.25, 0.3) is 0 Å². The monoisotopic (exact) mass is 304 g/mol. The van der Waals surface area contributed by atoms with Crippen LogP contribution >= 0.6 is 0 Å². The van der Waals surface area contributed by atoms with Gasteiger partial charge in [-0.2, -0.15) is 18.3 Å². The third-order valence-corrected chi connectivity index (χ3v) is 3.89. The van der Waals surface area contributed by atoms with Crippen molar-refractivity contribution in [1.29, 1.82) is 0 Å². The van der Waals surface area contributed by atoms with Crippen LogP contribution in [0.3, 0.4) is 0 Å². The number of ether oxygens (including phenoxy) is 1. The van der Waals surface area contributed by atoms with Crippen LogP contribution in [0, 0.1) is 0 Å². The molecule has 6 nitrogen and oxygen atoms in total. The van der Waals surface area contributed by atoms with Crippen molar-refractivity contribution in [3.05, 3.63) is 11.8 Å². The van der Waals surface area contributed by atoms with Crippen molar-refractivity contribution in [3.63, 3.8) is 0 Å². The van der Waals surface area contributed by atoms with E-state index in [9.17, 15) is 18.0 Å². The molecule has 1 amide bonds. The van der Waals surface area contributed by atoms with Gasteiger partial charge in [-0.05, 0) is 12.8 Å². The maximum atomic E-state index is 12.5. The van der Waals surface area contributed by atoms with Crippen LogP contribution in [0.4, 0.5) is 19.0 Å². The summed E-state index contributed by atoms with van der Waals surface area (Å²) in [6.07, 6.45) is -3.10. The summed E-state index contributed by atoms with van der Waals surface area (Å²) in [5.41, 5.74) is -1.59. The van der Waals surface area contributed by atoms with Gasteiger partial charge in [0, 0.05) is 19.2 Å². The minimum absolute atomic E-state index is 0.105. The van der Waals surface area contributed by atoms with Gasteiger partial charge < -0.3 is 10.1 Å². The number of morpholine rings is 1.